The van der Waals surface area contributed by atoms with Gasteiger partial charge in [-0.1, -0.05) is 180 Å². The molecule has 9 aromatic carbocycles. The zero-order valence-electron chi connectivity index (χ0n) is 37.7. The van der Waals surface area contributed by atoms with Crippen molar-refractivity contribution in [1.82, 2.24) is 0 Å². The maximum absolute atomic E-state index is 6.39. The van der Waals surface area contributed by atoms with E-state index in [1.54, 1.807) is 0 Å². The first-order chi connectivity index (χ1) is 31.7. The average molecular weight is 883 g/mol. The molecule has 0 N–H and O–H groups in total. The molecule has 0 saturated carbocycles. The lowest BCUT2D eigenvalue weighted by atomic mass is 9.70. The fourth-order valence-electron chi connectivity index (χ4n) is 11.6. The van der Waals surface area contributed by atoms with Crippen LogP contribution in [0.15, 0.2) is 176 Å². The topological polar surface area (TPSA) is 3.24 Å². The van der Waals surface area contributed by atoms with Crippen LogP contribution in [-0.4, -0.2) is 0 Å². The number of hydrogen-bond donors (Lipinski definition) is 0. The van der Waals surface area contributed by atoms with Gasteiger partial charge in [-0.05, 0) is 174 Å². The molecule has 0 radical (unpaired) electrons. The smallest absolute Gasteiger partial charge is 0.0465 e. The van der Waals surface area contributed by atoms with Gasteiger partial charge in [0.05, 0.1) is 0 Å². The molecule has 320 valence electrons. The van der Waals surface area contributed by atoms with Crippen LogP contribution in [0, 0.1) is 0 Å². The van der Waals surface area contributed by atoms with Crippen LogP contribution < -0.4 is 4.90 Å². The van der Waals surface area contributed by atoms with Crippen LogP contribution in [-0.2, 0) is 10.8 Å². The minimum Gasteiger partial charge on any atom is -0.310 e. The van der Waals surface area contributed by atoms with E-state index >= 15 is 0 Å². The monoisotopic (exact) mass is 881 g/mol. The van der Waals surface area contributed by atoms with Gasteiger partial charge in [-0.2, -0.15) is 0 Å². The molecule has 0 atom stereocenters. The molecule has 3 heteroatoms. The Morgan fingerprint density at radius 3 is 1.31 bits per heavy atom. The van der Waals surface area contributed by atoms with E-state index in [4.69, 9.17) is 23.2 Å². The van der Waals surface area contributed by atoms with Gasteiger partial charge in [0, 0.05) is 37.9 Å². The summed E-state index contributed by atoms with van der Waals surface area (Å²) in [5.41, 5.74) is 19.2. The molecule has 0 fully saturated rings. The predicted octanol–water partition coefficient (Wildman–Crippen LogP) is 19.1. The number of benzene rings is 9. The highest BCUT2D eigenvalue weighted by Crippen LogP contribution is 2.57. The van der Waals surface area contributed by atoms with Crippen molar-refractivity contribution < 1.29 is 0 Å². The molecule has 0 aromatic heterocycles. The van der Waals surface area contributed by atoms with Gasteiger partial charge in [-0.15, -0.1) is 0 Å². The molecule has 0 aliphatic heterocycles. The molecule has 2 aliphatic rings. The second-order valence-corrected chi connectivity index (χ2v) is 19.7. The number of rotatable bonds is 11. The van der Waals surface area contributed by atoms with Gasteiger partial charge in [0.1, 0.15) is 0 Å². The number of anilines is 3. The third-order valence-corrected chi connectivity index (χ3v) is 15.3. The molecule has 9 aromatic rings. The van der Waals surface area contributed by atoms with Crippen molar-refractivity contribution in [2.24, 2.45) is 0 Å². The Balaban J connectivity index is 1.05. The van der Waals surface area contributed by atoms with Gasteiger partial charge >= 0.3 is 0 Å². The van der Waals surface area contributed by atoms with E-state index in [0.717, 1.165) is 17.1 Å². The lowest BCUT2D eigenvalue weighted by Gasteiger charge is -2.33. The first kappa shape index (κ1) is 41.6. The quantitative estimate of drug-likeness (QED) is 0.117. The SMILES string of the molecule is CCCCC1(CCCC)c2ccccc2-c2ccc(-c3c4ccccc4c(-c4ccc5c(c4)C(C)(C)c4cc(N(c6ccc(Cl)cc6)c6ccc(Cl)cc6)ccc4-5)c4ccccc34)cc21. The van der Waals surface area contributed by atoms with Crippen molar-refractivity contribution >= 4 is 61.8 Å². The minimum absolute atomic E-state index is 0.0268. The number of hydrogen-bond acceptors (Lipinski definition) is 1. The Morgan fingerprint density at radius 1 is 0.400 bits per heavy atom. The maximum atomic E-state index is 6.39. The summed E-state index contributed by atoms with van der Waals surface area (Å²) in [5.74, 6) is 0. The summed E-state index contributed by atoms with van der Waals surface area (Å²) < 4.78 is 0. The molecule has 0 saturated heterocycles. The largest absolute Gasteiger partial charge is 0.310 e. The molecule has 0 unspecified atom stereocenters. The van der Waals surface area contributed by atoms with Gasteiger partial charge in [0.15, 0.2) is 0 Å². The van der Waals surface area contributed by atoms with Crippen LogP contribution in [0.5, 0.6) is 0 Å². The lowest BCUT2D eigenvalue weighted by Crippen LogP contribution is -2.25. The van der Waals surface area contributed by atoms with Crippen LogP contribution in [0.4, 0.5) is 17.1 Å². The minimum atomic E-state index is -0.252. The Morgan fingerprint density at radius 2 is 0.800 bits per heavy atom. The summed E-state index contributed by atoms with van der Waals surface area (Å²) in [4.78, 5) is 2.29. The lowest BCUT2D eigenvalue weighted by molar-refractivity contribution is 0.414. The van der Waals surface area contributed by atoms with Crippen LogP contribution >= 0.6 is 23.2 Å². The Kier molecular flexibility index (Phi) is 10.5. The van der Waals surface area contributed by atoms with Gasteiger partial charge < -0.3 is 4.90 Å². The second-order valence-electron chi connectivity index (χ2n) is 18.8. The van der Waals surface area contributed by atoms with E-state index in [2.05, 4.69) is 184 Å². The zero-order chi connectivity index (χ0) is 44.5. The van der Waals surface area contributed by atoms with Crippen LogP contribution in [0.3, 0.4) is 0 Å². The molecular formula is C62H53Cl2N. The third kappa shape index (κ3) is 6.73. The fraction of sp³-hybridized carbons (Fsp3) is 0.194. The third-order valence-electron chi connectivity index (χ3n) is 14.8. The van der Waals surface area contributed by atoms with Gasteiger partial charge in [-0.3, -0.25) is 0 Å². The van der Waals surface area contributed by atoms with Crippen molar-refractivity contribution in [3.63, 3.8) is 0 Å². The van der Waals surface area contributed by atoms with E-state index in [9.17, 15) is 0 Å². The van der Waals surface area contributed by atoms with Crippen LogP contribution in [0.25, 0.3) is 66.1 Å². The van der Waals surface area contributed by atoms with Crippen molar-refractivity contribution in [1.29, 1.82) is 0 Å². The zero-order valence-corrected chi connectivity index (χ0v) is 39.2. The van der Waals surface area contributed by atoms with Crippen molar-refractivity contribution in [3.8, 4) is 44.5 Å². The summed E-state index contributed by atoms with van der Waals surface area (Å²) in [6, 6.07) is 65.2. The molecule has 0 amide bonds. The second kappa shape index (κ2) is 16.4. The molecule has 11 rings (SSSR count). The molecule has 1 nitrogen and oxygen atoms in total. The Labute approximate surface area is 394 Å². The van der Waals surface area contributed by atoms with Crippen LogP contribution in [0.1, 0.15) is 88.5 Å². The molecule has 0 spiro atoms. The fourth-order valence-corrected chi connectivity index (χ4v) is 11.9. The summed E-state index contributed by atoms with van der Waals surface area (Å²) in [5, 5.41) is 6.57. The summed E-state index contributed by atoms with van der Waals surface area (Å²) in [6.45, 7) is 9.44. The number of nitrogens with zero attached hydrogens (tertiary/aromatic N) is 1. The van der Waals surface area contributed by atoms with E-state index in [1.165, 1.54) is 127 Å². The molecule has 65 heavy (non-hydrogen) atoms. The summed E-state index contributed by atoms with van der Waals surface area (Å²) in [7, 11) is 0. The van der Waals surface area contributed by atoms with E-state index < -0.39 is 0 Å². The van der Waals surface area contributed by atoms with E-state index in [0.29, 0.717) is 10.0 Å². The van der Waals surface area contributed by atoms with E-state index in [-0.39, 0.29) is 10.8 Å². The van der Waals surface area contributed by atoms with Crippen LogP contribution in [0.2, 0.25) is 10.0 Å². The Bertz CT molecular complexity index is 3180. The average Bonchev–Trinajstić information content (AvgIpc) is 3.73. The van der Waals surface area contributed by atoms with Gasteiger partial charge in [0.2, 0.25) is 0 Å². The summed E-state index contributed by atoms with van der Waals surface area (Å²) >= 11 is 12.8. The standard InChI is InChI=1S/C62H53Cl2N/c1-5-7-35-62(36-8-6-2)55-20-14-13-15-47(55)50-33-22-41(38-58(50)62)60-53-18-11-9-16-51(53)59(52-17-10-12-19-54(52)60)40-21-32-48-49-34-31-46(39-57(49)61(3,4)56(48)37-40)65(44-27-23-42(63)24-28-44)45-29-25-43(64)26-30-45/h9-34,37-39H,5-8,35-36H2,1-4H3. The number of halogens is 2. The number of unbranched alkanes of at least 4 members (excludes halogenated alkanes) is 2. The van der Waals surface area contributed by atoms with Crippen molar-refractivity contribution in [2.45, 2.75) is 77.0 Å². The molecule has 2 aliphatic carbocycles. The van der Waals surface area contributed by atoms with Crippen molar-refractivity contribution in [2.75, 3.05) is 4.90 Å². The highest BCUT2D eigenvalue weighted by molar-refractivity contribution is 6.31. The molecule has 0 bridgehead atoms. The maximum Gasteiger partial charge on any atom is 0.0465 e. The molecule has 0 heterocycles. The highest BCUT2D eigenvalue weighted by Gasteiger charge is 2.42. The first-order valence-electron chi connectivity index (χ1n) is 23.5. The first-order valence-corrected chi connectivity index (χ1v) is 24.3. The normalized spacial score (nSPS) is 14.0. The van der Waals surface area contributed by atoms with Gasteiger partial charge in [-0.25, -0.2) is 0 Å². The highest BCUT2D eigenvalue weighted by atomic mass is 35.5. The molecular weight excluding hydrogens is 830 g/mol. The predicted molar refractivity (Wildman–Crippen MR) is 280 cm³/mol. The van der Waals surface area contributed by atoms with Crippen molar-refractivity contribution in [3.05, 3.63) is 208 Å². The summed E-state index contributed by atoms with van der Waals surface area (Å²) in [6.07, 6.45) is 7.19. The Hall–Kier alpha value is -6.12. The van der Waals surface area contributed by atoms with Gasteiger partial charge in [0.25, 0.3) is 0 Å². The van der Waals surface area contributed by atoms with E-state index in [1.807, 2.05) is 24.3 Å². The number of fused-ring (bicyclic) bond motifs is 8.